The maximum atomic E-state index is 12.0. The maximum absolute atomic E-state index is 12.0. The van der Waals surface area contributed by atoms with E-state index in [2.05, 4.69) is 6.58 Å². The highest BCUT2D eigenvalue weighted by atomic mass is 35.5. The van der Waals surface area contributed by atoms with E-state index >= 15 is 0 Å². The van der Waals surface area contributed by atoms with Crippen molar-refractivity contribution < 1.29 is 4.21 Å². The summed E-state index contributed by atoms with van der Waals surface area (Å²) >= 11 is 12.3. The van der Waals surface area contributed by atoms with Crippen molar-refractivity contribution in [2.24, 2.45) is 5.14 Å². The second-order valence-corrected chi connectivity index (χ2v) is 9.16. The standard InChI is InChI=1S/C21H23Cl2NOS/c1-4-6-19(16-7-5-8-18(23)13-16)20(14-21(2,3)26(24)25)15-9-11-17(22)12-10-15/h4-5,7-14,19H,1,6,24H2,2-3H3/t19-,26?/m1/s1. The molecule has 2 nitrogen and oxygen atoms in total. The number of halogens is 2. The van der Waals surface area contributed by atoms with E-state index in [0.717, 1.165) is 16.7 Å². The summed E-state index contributed by atoms with van der Waals surface area (Å²) in [6, 6.07) is 15.4. The average Bonchev–Trinajstić information content (AvgIpc) is 2.58. The molecule has 5 heteroatoms. The summed E-state index contributed by atoms with van der Waals surface area (Å²) in [6.07, 6.45) is 4.57. The molecule has 0 amide bonds. The minimum absolute atomic E-state index is 0.00944. The SMILES string of the molecule is C=CC[C@@H](C(=CC(C)(C)S(N)=O)c1ccc(Cl)cc1)c1cccc(Cl)c1. The van der Waals surface area contributed by atoms with E-state index in [0.29, 0.717) is 16.5 Å². The van der Waals surface area contributed by atoms with Crippen molar-refractivity contribution in [3.8, 4) is 0 Å². The van der Waals surface area contributed by atoms with Crippen LogP contribution in [0, 0.1) is 0 Å². The maximum Gasteiger partial charge on any atom is 0.0984 e. The summed E-state index contributed by atoms with van der Waals surface area (Å²) in [6.45, 7) is 7.63. The normalized spacial score (nSPS) is 14.7. The van der Waals surface area contributed by atoms with Crippen LogP contribution in [0.4, 0.5) is 0 Å². The molecule has 0 aromatic heterocycles. The van der Waals surface area contributed by atoms with Gasteiger partial charge in [-0.05, 0) is 61.2 Å². The molecule has 2 aromatic rings. The second-order valence-electron chi connectivity index (χ2n) is 6.64. The van der Waals surface area contributed by atoms with Gasteiger partial charge in [0.25, 0.3) is 0 Å². The van der Waals surface area contributed by atoms with Crippen LogP contribution in [0.2, 0.25) is 10.0 Å². The highest BCUT2D eigenvalue weighted by Gasteiger charge is 2.26. The van der Waals surface area contributed by atoms with Crippen LogP contribution in [0.15, 0.2) is 67.3 Å². The highest BCUT2D eigenvalue weighted by molar-refractivity contribution is 7.84. The van der Waals surface area contributed by atoms with Crippen LogP contribution in [-0.4, -0.2) is 8.96 Å². The first-order valence-corrected chi connectivity index (χ1v) is 10.2. The second kappa shape index (κ2) is 9.01. The average molecular weight is 408 g/mol. The summed E-state index contributed by atoms with van der Waals surface area (Å²) in [5.41, 5.74) is 3.09. The molecule has 2 aromatic carbocycles. The van der Waals surface area contributed by atoms with Crippen molar-refractivity contribution in [3.05, 3.63) is 88.4 Å². The summed E-state index contributed by atoms with van der Waals surface area (Å²) in [4.78, 5) is 0. The lowest BCUT2D eigenvalue weighted by molar-refractivity contribution is 0.664. The minimum atomic E-state index is -1.51. The van der Waals surface area contributed by atoms with Gasteiger partial charge in [-0.2, -0.15) is 0 Å². The van der Waals surface area contributed by atoms with Crippen LogP contribution >= 0.6 is 23.2 Å². The monoisotopic (exact) mass is 407 g/mol. The molecule has 0 aliphatic heterocycles. The number of rotatable bonds is 7. The van der Waals surface area contributed by atoms with Gasteiger partial charge in [0.05, 0.1) is 15.7 Å². The van der Waals surface area contributed by atoms with Gasteiger partial charge in [-0.3, -0.25) is 5.14 Å². The first-order valence-electron chi connectivity index (χ1n) is 8.26. The fourth-order valence-corrected chi connectivity index (χ4v) is 3.36. The zero-order chi connectivity index (χ0) is 19.3. The van der Waals surface area contributed by atoms with Crippen LogP contribution in [0.1, 0.15) is 37.3 Å². The quantitative estimate of drug-likeness (QED) is 0.550. The van der Waals surface area contributed by atoms with Gasteiger partial charge in [0.2, 0.25) is 0 Å². The number of hydrogen-bond donors (Lipinski definition) is 1. The van der Waals surface area contributed by atoms with Gasteiger partial charge >= 0.3 is 0 Å². The van der Waals surface area contributed by atoms with Gasteiger partial charge < -0.3 is 0 Å². The Bertz CT molecular complexity index is 828. The van der Waals surface area contributed by atoms with E-state index < -0.39 is 15.7 Å². The predicted octanol–water partition coefficient (Wildman–Crippen LogP) is 6.14. The van der Waals surface area contributed by atoms with Crippen LogP contribution < -0.4 is 5.14 Å². The summed E-state index contributed by atoms with van der Waals surface area (Å²) < 4.78 is 11.4. The van der Waals surface area contributed by atoms with E-state index in [1.807, 2.05) is 74.5 Å². The molecule has 0 heterocycles. The van der Waals surface area contributed by atoms with Crippen LogP contribution in [0.5, 0.6) is 0 Å². The van der Waals surface area contributed by atoms with Crippen LogP contribution in [-0.2, 0) is 11.0 Å². The van der Waals surface area contributed by atoms with Crippen molar-refractivity contribution in [1.82, 2.24) is 0 Å². The van der Waals surface area contributed by atoms with Gasteiger partial charge in [-0.1, -0.05) is 59.6 Å². The fourth-order valence-electron chi connectivity index (χ4n) is 2.79. The van der Waals surface area contributed by atoms with Crippen molar-refractivity contribution in [2.45, 2.75) is 30.9 Å². The third-order valence-corrected chi connectivity index (χ3v) is 5.87. The Morgan fingerprint density at radius 1 is 1.19 bits per heavy atom. The molecule has 0 radical (unpaired) electrons. The molecule has 2 rings (SSSR count). The first-order chi connectivity index (χ1) is 12.2. The molecular formula is C21H23Cl2NOS. The first kappa shape index (κ1) is 20.9. The lowest BCUT2D eigenvalue weighted by atomic mass is 9.83. The highest BCUT2D eigenvalue weighted by Crippen LogP contribution is 2.38. The van der Waals surface area contributed by atoms with Gasteiger partial charge in [-0.25, -0.2) is 4.21 Å². The van der Waals surface area contributed by atoms with Crippen molar-refractivity contribution in [2.75, 3.05) is 0 Å². The molecule has 0 fully saturated rings. The van der Waals surface area contributed by atoms with E-state index in [9.17, 15) is 4.21 Å². The zero-order valence-corrected chi connectivity index (χ0v) is 17.2. The molecule has 1 unspecified atom stereocenters. The van der Waals surface area contributed by atoms with Crippen LogP contribution in [0.25, 0.3) is 5.57 Å². The van der Waals surface area contributed by atoms with E-state index in [-0.39, 0.29) is 5.92 Å². The van der Waals surface area contributed by atoms with Gasteiger partial charge in [0.1, 0.15) is 0 Å². The Kier molecular flexibility index (Phi) is 7.24. The van der Waals surface area contributed by atoms with Crippen molar-refractivity contribution in [1.29, 1.82) is 0 Å². The van der Waals surface area contributed by atoms with Gasteiger partial charge in [0, 0.05) is 16.0 Å². The minimum Gasteiger partial charge on any atom is -0.251 e. The summed E-state index contributed by atoms with van der Waals surface area (Å²) in [7, 11) is -1.51. The predicted molar refractivity (Wildman–Crippen MR) is 115 cm³/mol. The van der Waals surface area contributed by atoms with Crippen molar-refractivity contribution >= 4 is 39.8 Å². The Hall–Kier alpha value is -1.39. The molecule has 2 N–H and O–H groups in total. The molecular weight excluding hydrogens is 385 g/mol. The number of hydrogen-bond acceptors (Lipinski definition) is 1. The third-order valence-electron chi connectivity index (χ3n) is 4.23. The summed E-state index contributed by atoms with van der Waals surface area (Å²) in [5, 5.41) is 7.06. The Morgan fingerprint density at radius 2 is 1.85 bits per heavy atom. The smallest absolute Gasteiger partial charge is 0.0984 e. The molecule has 138 valence electrons. The lowest BCUT2D eigenvalue weighted by Crippen LogP contribution is -2.30. The Labute approximate surface area is 168 Å². The third kappa shape index (κ3) is 5.31. The molecule has 0 aliphatic carbocycles. The topological polar surface area (TPSA) is 43.1 Å². The Balaban J connectivity index is 2.66. The molecule has 26 heavy (non-hydrogen) atoms. The fraction of sp³-hybridized carbons (Fsp3) is 0.238. The van der Waals surface area contributed by atoms with E-state index in [1.165, 1.54) is 0 Å². The molecule has 0 saturated heterocycles. The summed E-state index contributed by atoms with van der Waals surface area (Å²) in [5.74, 6) is 0.00944. The van der Waals surface area contributed by atoms with Gasteiger partial charge in [-0.15, -0.1) is 6.58 Å². The molecule has 0 bridgehead atoms. The van der Waals surface area contributed by atoms with E-state index in [4.69, 9.17) is 28.3 Å². The number of benzene rings is 2. The number of allylic oxidation sites excluding steroid dienone is 2. The lowest BCUT2D eigenvalue weighted by Gasteiger charge is -2.25. The Morgan fingerprint density at radius 3 is 2.38 bits per heavy atom. The zero-order valence-electron chi connectivity index (χ0n) is 14.9. The molecule has 0 spiro atoms. The largest absolute Gasteiger partial charge is 0.251 e. The van der Waals surface area contributed by atoms with Crippen LogP contribution in [0.3, 0.4) is 0 Å². The molecule has 0 aliphatic rings. The molecule has 0 saturated carbocycles. The number of nitrogens with two attached hydrogens (primary N) is 1. The van der Waals surface area contributed by atoms with E-state index in [1.54, 1.807) is 0 Å². The van der Waals surface area contributed by atoms with Gasteiger partial charge in [0.15, 0.2) is 0 Å². The van der Waals surface area contributed by atoms with Crippen molar-refractivity contribution in [3.63, 3.8) is 0 Å². The molecule has 2 atom stereocenters.